The molecule has 0 saturated carbocycles. The van der Waals surface area contributed by atoms with Gasteiger partial charge in [-0.2, -0.15) is 5.26 Å². The predicted octanol–water partition coefficient (Wildman–Crippen LogP) is 4.19. The van der Waals surface area contributed by atoms with Crippen LogP contribution in [-0.4, -0.2) is 5.60 Å². The first kappa shape index (κ1) is 13.5. The van der Waals surface area contributed by atoms with Crippen molar-refractivity contribution in [1.29, 1.82) is 5.26 Å². The lowest BCUT2D eigenvalue weighted by Gasteiger charge is -2.28. The van der Waals surface area contributed by atoms with E-state index in [4.69, 9.17) is 4.74 Å². The first-order chi connectivity index (χ1) is 10.0. The molecule has 1 aliphatic rings. The first-order valence-corrected chi connectivity index (χ1v) is 7.07. The Hall–Kier alpha value is -2.47. The van der Waals surface area contributed by atoms with Crippen molar-refractivity contribution in [2.75, 3.05) is 5.32 Å². The van der Waals surface area contributed by atoms with Crippen LogP contribution >= 0.6 is 0 Å². The molecular formula is C18H18N2O. The van der Waals surface area contributed by atoms with E-state index in [0.717, 1.165) is 22.6 Å². The molecule has 2 aromatic rings. The summed E-state index contributed by atoms with van der Waals surface area (Å²) in [6.07, 6.45) is 0. The number of anilines is 1. The maximum absolute atomic E-state index is 9.38. The molecule has 1 atom stereocenters. The van der Waals surface area contributed by atoms with E-state index >= 15 is 0 Å². The van der Waals surface area contributed by atoms with Gasteiger partial charge in [-0.3, -0.25) is 0 Å². The van der Waals surface area contributed by atoms with Crippen LogP contribution in [-0.2, 0) is 0 Å². The van der Waals surface area contributed by atoms with Crippen LogP contribution in [0.2, 0.25) is 0 Å². The lowest BCUT2D eigenvalue weighted by molar-refractivity contribution is 0.118. The Kier molecular flexibility index (Phi) is 3.10. The molecule has 0 amide bonds. The van der Waals surface area contributed by atoms with E-state index in [0.29, 0.717) is 5.56 Å². The van der Waals surface area contributed by atoms with Gasteiger partial charge in [-0.15, -0.1) is 0 Å². The van der Waals surface area contributed by atoms with Crippen LogP contribution in [0.15, 0.2) is 42.5 Å². The minimum atomic E-state index is -0.361. The molecule has 0 aliphatic carbocycles. The van der Waals surface area contributed by atoms with E-state index in [1.807, 2.05) is 43.3 Å². The third-order valence-corrected chi connectivity index (χ3v) is 3.98. The minimum Gasteiger partial charge on any atom is -0.485 e. The second kappa shape index (κ2) is 4.82. The summed E-state index contributed by atoms with van der Waals surface area (Å²) in [6, 6.07) is 16.2. The van der Waals surface area contributed by atoms with Crippen molar-refractivity contribution >= 4 is 5.69 Å². The Balaban J connectivity index is 2.02. The van der Waals surface area contributed by atoms with Crippen LogP contribution in [0.4, 0.5) is 5.69 Å². The summed E-state index contributed by atoms with van der Waals surface area (Å²) in [7, 11) is 0. The maximum atomic E-state index is 9.38. The summed E-state index contributed by atoms with van der Waals surface area (Å²) in [5, 5.41) is 12.9. The molecule has 1 N–H and O–H groups in total. The molecule has 0 spiro atoms. The average molecular weight is 278 g/mol. The van der Waals surface area contributed by atoms with Crippen LogP contribution in [0.25, 0.3) is 0 Å². The number of benzene rings is 2. The molecule has 1 aliphatic heterocycles. The summed E-state index contributed by atoms with van der Waals surface area (Å²) in [5.41, 5.74) is 3.30. The van der Waals surface area contributed by atoms with Gasteiger partial charge in [0, 0.05) is 5.56 Å². The highest BCUT2D eigenvalue weighted by Crippen LogP contribution is 2.44. The number of hydrogen-bond acceptors (Lipinski definition) is 3. The van der Waals surface area contributed by atoms with Crippen LogP contribution in [0.3, 0.4) is 0 Å². The normalized spacial score (nSPS) is 18.5. The van der Waals surface area contributed by atoms with Crippen LogP contribution in [0.5, 0.6) is 5.75 Å². The summed E-state index contributed by atoms with van der Waals surface area (Å²) in [6.45, 7) is 6.08. The predicted molar refractivity (Wildman–Crippen MR) is 83.4 cm³/mol. The zero-order valence-corrected chi connectivity index (χ0v) is 12.5. The molecule has 1 heterocycles. The first-order valence-electron chi connectivity index (χ1n) is 7.07. The molecule has 1 unspecified atom stereocenters. The highest BCUT2D eigenvalue weighted by molar-refractivity contribution is 5.63. The number of rotatable bonds is 2. The fourth-order valence-electron chi connectivity index (χ4n) is 2.87. The molecule has 106 valence electrons. The Bertz CT molecular complexity index is 728. The molecule has 0 bridgehead atoms. The number of aryl methyl sites for hydroxylation is 1. The molecule has 2 aromatic carbocycles. The quantitative estimate of drug-likeness (QED) is 0.895. The second-order valence-corrected chi connectivity index (χ2v) is 5.93. The highest BCUT2D eigenvalue weighted by atomic mass is 16.5. The van der Waals surface area contributed by atoms with Crippen LogP contribution < -0.4 is 10.1 Å². The molecule has 0 aromatic heterocycles. The van der Waals surface area contributed by atoms with Crippen molar-refractivity contribution in [3.8, 4) is 11.8 Å². The number of nitrogens with one attached hydrogen (secondary N) is 1. The van der Waals surface area contributed by atoms with Crippen molar-refractivity contribution < 1.29 is 4.74 Å². The van der Waals surface area contributed by atoms with Gasteiger partial charge in [0.15, 0.2) is 0 Å². The van der Waals surface area contributed by atoms with Crippen LogP contribution in [0, 0.1) is 18.3 Å². The van der Waals surface area contributed by atoms with Gasteiger partial charge in [-0.05, 0) is 38.5 Å². The summed E-state index contributed by atoms with van der Waals surface area (Å²) >= 11 is 0. The molecule has 0 saturated heterocycles. The molecule has 0 fully saturated rings. The van der Waals surface area contributed by atoms with Gasteiger partial charge in [0.05, 0.1) is 17.3 Å². The smallest absolute Gasteiger partial charge is 0.128 e. The van der Waals surface area contributed by atoms with Crippen molar-refractivity contribution in [2.45, 2.75) is 32.4 Å². The fraction of sp³-hybridized carbons (Fsp3) is 0.278. The Morgan fingerprint density at radius 3 is 2.67 bits per heavy atom. The largest absolute Gasteiger partial charge is 0.485 e. The van der Waals surface area contributed by atoms with Gasteiger partial charge in [0.1, 0.15) is 17.4 Å². The zero-order chi connectivity index (χ0) is 15.0. The van der Waals surface area contributed by atoms with E-state index in [9.17, 15) is 5.26 Å². The number of nitrogens with zero attached hydrogens (tertiary/aromatic N) is 1. The standard InChI is InChI=1S/C18H18N2O/c1-12-7-6-9-15(14(12)11-19)20-17-13-8-4-5-10-16(13)21-18(17,2)3/h4-10,17,20H,1-3H3. The van der Waals surface area contributed by atoms with Crippen molar-refractivity contribution in [2.24, 2.45) is 0 Å². The van der Waals surface area contributed by atoms with Gasteiger partial charge in [-0.25, -0.2) is 0 Å². The molecular weight excluding hydrogens is 260 g/mol. The Labute approximate surface area is 125 Å². The minimum absolute atomic E-state index is 0.0163. The van der Waals surface area contributed by atoms with Gasteiger partial charge in [0.2, 0.25) is 0 Å². The molecule has 21 heavy (non-hydrogen) atoms. The van der Waals surface area contributed by atoms with Crippen LogP contribution in [0.1, 0.15) is 36.6 Å². The average Bonchev–Trinajstić information content (AvgIpc) is 2.70. The Morgan fingerprint density at radius 1 is 1.14 bits per heavy atom. The van der Waals surface area contributed by atoms with Gasteiger partial charge in [-0.1, -0.05) is 30.3 Å². The number of para-hydroxylation sites is 1. The third-order valence-electron chi connectivity index (χ3n) is 3.98. The van der Waals surface area contributed by atoms with Gasteiger partial charge >= 0.3 is 0 Å². The number of fused-ring (bicyclic) bond motifs is 1. The molecule has 3 rings (SSSR count). The van der Waals surface area contributed by atoms with Crippen molar-refractivity contribution in [3.05, 3.63) is 59.2 Å². The third kappa shape index (κ3) is 2.23. The number of hydrogen-bond donors (Lipinski definition) is 1. The molecule has 3 nitrogen and oxygen atoms in total. The van der Waals surface area contributed by atoms with E-state index < -0.39 is 0 Å². The summed E-state index contributed by atoms with van der Waals surface area (Å²) in [4.78, 5) is 0. The van der Waals surface area contributed by atoms with E-state index in [1.165, 1.54) is 0 Å². The van der Waals surface area contributed by atoms with Gasteiger partial charge < -0.3 is 10.1 Å². The van der Waals surface area contributed by atoms with Crippen molar-refractivity contribution in [3.63, 3.8) is 0 Å². The van der Waals surface area contributed by atoms with E-state index in [1.54, 1.807) is 0 Å². The lowest BCUT2D eigenvalue weighted by Crippen LogP contribution is -2.35. The van der Waals surface area contributed by atoms with Gasteiger partial charge in [0.25, 0.3) is 0 Å². The zero-order valence-electron chi connectivity index (χ0n) is 12.5. The van der Waals surface area contributed by atoms with E-state index in [-0.39, 0.29) is 11.6 Å². The highest BCUT2D eigenvalue weighted by Gasteiger charge is 2.41. The molecule has 0 radical (unpaired) electrons. The number of ether oxygens (including phenoxy) is 1. The molecule has 3 heteroatoms. The van der Waals surface area contributed by atoms with Crippen molar-refractivity contribution in [1.82, 2.24) is 0 Å². The Morgan fingerprint density at radius 2 is 1.90 bits per heavy atom. The van der Waals surface area contributed by atoms with E-state index in [2.05, 4.69) is 31.3 Å². The summed E-state index contributed by atoms with van der Waals surface area (Å²) < 4.78 is 6.04. The lowest BCUT2D eigenvalue weighted by atomic mass is 9.93. The number of nitriles is 1. The summed E-state index contributed by atoms with van der Waals surface area (Å²) in [5.74, 6) is 0.908. The fourth-order valence-corrected chi connectivity index (χ4v) is 2.87. The second-order valence-electron chi connectivity index (χ2n) is 5.93. The SMILES string of the molecule is Cc1cccc(NC2c3ccccc3OC2(C)C)c1C#N. The maximum Gasteiger partial charge on any atom is 0.128 e. The monoisotopic (exact) mass is 278 g/mol. The topological polar surface area (TPSA) is 45.0 Å².